The van der Waals surface area contributed by atoms with Crippen LogP contribution in [-0.2, 0) is 24.5 Å². The molecular weight excluding hydrogens is 356 g/mol. The molecule has 1 unspecified atom stereocenters. The van der Waals surface area contributed by atoms with Crippen molar-refractivity contribution in [2.24, 2.45) is 5.92 Å². The average Bonchev–Trinajstić information content (AvgIpc) is 3.04. The third-order valence-corrected chi connectivity index (χ3v) is 8.19. The molecule has 0 aliphatic carbocycles. The standard InChI is InChI=1S/C18H30N2O5S/c1-17(2,12-21)14-10-15(20-25-14)19-16(22)18(3,4)26(5,23)11-13-6-8-24-9-7-13/h10,13,21H,5-9,11-12H2,1-4H3,(H,19,20,22). The number of aromatic nitrogens is 1. The lowest BCUT2D eigenvalue weighted by Gasteiger charge is -2.31. The van der Waals surface area contributed by atoms with Gasteiger partial charge in [-0.2, -0.15) is 0 Å². The first-order chi connectivity index (χ1) is 12.0. The van der Waals surface area contributed by atoms with Crippen LogP contribution in [-0.4, -0.2) is 56.6 Å². The van der Waals surface area contributed by atoms with Gasteiger partial charge in [0.1, 0.15) is 10.5 Å². The molecule has 2 heterocycles. The highest BCUT2D eigenvalue weighted by Crippen LogP contribution is 2.28. The van der Waals surface area contributed by atoms with E-state index in [1.54, 1.807) is 33.8 Å². The highest BCUT2D eigenvalue weighted by molar-refractivity contribution is 8.02. The van der Waals surface area contributed by atoms with Crippen molar-refractivity contribution in [1.82, 2.24) is 5.16 Å². The molecule has 148 valence electrons. The highest BCUT2D eigenvalue weighted by atomic mass is 32.2. The lowest BCUT2D eigenvalue weighted by atomic mass is 9.92. The second-order valence-corrected chi connectivity index (χ2v) is 11.1. The zero-order chi connectivity index (χ0) is 19.6. The van der Waals surface area contributed by atoms with Gasteiger partial charge in [0.2, 0.25) is 5.91 Å². The van der Waals surface area contributed by atoms with E-state index < -0.39 is 25.6 Å². The average molecular weight is 387 g/mol. The molecule has 1 saturated heterocycles. The molecule has 1 aliphatic rings. The molecule has 2 rings (SSSR count). The summed E-state index contributed by atoms with van der Waals surface area (Å²) >= 11 is 0. The number of aliphatic hydroxyl groups is 1. The largest absolute Gasteiger partial charge is 0.395 e. The van der Waals surface area contributed by atoms with Crippen LogP contribution in [0, 0.1) is 5.92 Å². The van der Waals surface area contributed by atoms with Gasteiger partial charge in [0, 0.05) is 30.4 Å². The lowest BCUT2D eigenvalue weighted by Crippen LogP contribution is -2.47. The van der Waals surface area contributed by atoms with Gasteiger partial charge in [-0.05, 0) is 48.0 Å². The molecule has 0 radical (unpaired) electrons. The fourth-order valence-electron chi connectivity index (χ4n) is 2.67. The maximum absolute atomic E-state index is 13.2. The van der Waals surface area contributed by atoms with Crippen LogP contribution in [0.25, 0.3) is 0 Å². The second kappa shape index (κ2) is 7.70. The Morgan fingerprint density at radius 3 is 2.58 bits per heavy atom. The van der Waals surface area contributed by atoms with Gasteiger partial charge < -0.3 is 19.7 Å². The van der Waals surface area contributed by atoms with Crippen molar-refractivity contribution in [2.45, 2.75) is 50.7 Å². The molecule has 1 fully saturated rings. The summed E-state index contributed by atoms with van der Waals surface area (Å²) in [6.45, 7) is 8.12. The Hall–Kier alpha value is -1.38. The van der Waals surface area contributed by atoms with Gasteiger partial charge in [-0.25, -0.2) is 0 Å². The fraction of sp³-hybridized carbons (Fsp3) is 0.722. The molecule has 1 aromatic rings. The third-order valence-electron chi connectivity index (χ3n) is 5.14. The van der Waals surface area contributed by atoms with Crippen molar-refractivity contribution in [2.75, 3.05) is 30.9 Å². The van der Waals surface area contributed by atoms with E-state index in [0.29, 0.717) is 24.7 Å². The number of anilines is 1. The Morgan fingerprint density at radius 2 is 2.00 bits per heavy atom. The number of carbonyl (C=O) groups is 1. The van der Waals surface area contributed by atoms with Crippen molar-refractivity contribution in [3.05, 3.63) is 11.8 Å². The zero-order valence-corrected chi connectivity index (χ0v) is 16.9. The molecular formula is C18H30N2O5S. The number of ether oxygens (including phenoxy) is 1. The number of hydrogen-bond donors (Lipinski definition) is 2. The van der Waals surface area contributed by atoms with Gasteiger partial charge in [0.25, 0.3) is 0 Å². The molecule has 0 aromatic carbocycles. The molecule has 0 spiro atoms. The number of carbonyl (C=O) groups excluding carboxylic acids is 1. The van der Waals surface area contributed by atoms with Gasteiger partial charge >= 0.3 is 0 Å². The summed E-state index contributed by atoms with van der Waals surface area (Å²) in [6.07, 6.45) is 1.68. The topological polar surface area (TPSA) is 102 Å². The van der Waals surface area contributed by atoms with Crippen molar-refractivity contribution in [3.8, 4) is 0 Å². The summed E-state index contributed by atoms with van der Waals surface area (Å²) in [5, 5.41) is 15.9. The predicted molar refractivity (Wildman–Crippen MR) is 103 cm³/mol. The van der Waals surface area contributed by atoms with E-state index in [4.69, 9.17) is 9.26 Å². The van der Waals surface area contributed by atoms with Crippen molar-refractivity contribution < 1.29 is 23.4 Å². The van der Waals surface area contributed by atoms with Crippen molar-refractivity contribution >= 4 is 27.1 Å². The summed E-state index contributed by atoms with van der Waals surface area (Å²) in [5.41, 5.74) is -0.603. The van der Waals surface area contributed by atoms with Gasteiger partial charge in [0.15, 0.2) is 5.82 Å². The van der Waals surface area contributed by atoms with Gasteiger partial charge in [0.05, 0.1) is 6.61 Å². The Labute approximate surface area is 155 Å². The van der Waals surface area contributed by atoms with Gasteiger partial charge in [-0.3, -0.25) is 9.00 Å². The number of aliphatic hydroxyl groups excluding tert-OH is 1. The normalized spacial score (nSPS) is 19.1. The van der Waals surface area contributed by atoms with E-state index in [1.807, 2.05) is 0 Å². The maximum atomic E-state index is 13.2. The summed E-state index contributed by atoms with van der Waals surface area (Å²) in [5.74, 6) is 4.85. The molecule has 1 atom stereocenters. The zero-order valence-electron chi connectivity index (χ0n) is 16.0. The van der Waals surface area contributed by atoms with Gasteiger partial charge in [-0.15, -0.1) is 0 Å². The number of hydrogen-bond acceptors (Lipinski definition) is 6. The van der Waals surface area contributed by atoms with E-state index in [-0.39, 0.29) is 18.3 Å². The van der Waals surface area contributed by atoms with Crippen LogP contribution in [0.15, 0.2) is 10.6 Å². The Morgan fingerprint density at radius 1 is 1.38 bits per heavy atom. The van der Waals surface area contributed by atoms with E-state index in [9.17, 15) is 14.1 Å². The monoisotopic (exact) mass is 386 g/mol. The molecule has 1 aromatic heterocycles. The predicted octanol–water partition coefficient (Wildman–Crippen LogP) is 1.80. The first-order valence-electron chi connectivity index (χ1n) is 8.81. The number of nitrogens with zero attached hydrogens (tertiary/aromatic N) is 1. The minimum atomic E-state index is -2.67. The molecule has 8 heteroatoms. The number of rotatable bonds is 7. The molecule has 7 nitrogen and oxygen atoms in total. The quantitative estimate of drug-likeness (QED) is 0.693. The molecule has 0 bridgehead atoms. The second-order valence-electron chi connectivity index (χ2n) is 8.12. The minimum Gasteiger partial charge on any atom is -0.395 e. The number of amides is 1. The van der Waals surface area contributed by atoms with Crippen LogP contribution >= 0.6 is 0 Å². The van der Waals surface area contributed by atoms with Crippen LogP contribution in [0.4, 0.5) is 5.82 Å². The molecule has 1 amide bonds. The van der Waals surface area contributed by atoms with Crippen molar-refractivity contribution in [1.29, 1.82) is 0 Å². The SMILES string of the molecule is C=S(=O)(CC1CCOCC1)C(C)(C)C(=O)Nc1cc(C(C)(C)CO)on1. The third kappa shape index (κ3) is 4.47. The molecule has 0 saturated carbocycles. The fourth-order valence-corrected chi connectivity index (χ4v) is 4.57. The molecule has 2 N–H and O–H groups in total. The summed E-state index contributed by atoms with van der Waals surface area (Å²) in [7, 11) is -2.67. The maximum Gasteiger partial charge on any atom is 0.243 e. The Kier molecular flexibility index (Phi) is 6.20. The lowest BCUT2D eigenvalue weighted by molar-refractivity contribution is -0.117. The van der Waals surface area contributed by atoms with E-state index in [2.05, 4.69) is 16.3 Å². The van der Waals surface area contributed by atoms with Crippen LogP contribution in [0.5, 0.6) is 0 Å². The Balaban J connectivity index is 2.09. The number of nitrogens with one attached hydrogen (secondary N) is 1. The molecule has 1 aliphatic heterocycles. The minimum absolute atomic E-state index is 0.112. The summed E-state index contributed by atoms with van der Waals surface area (Å²) < 4.78 is 22.6. The smallest absolute Gasteiger partial charge is 0.243 e. The van der Waals surface area contributed by atoms with Crippen molar-refractivity contribution in [3.63, 3.8) is 0 Å². The van der Waals surface area contributed by atoms with Crippen LogP contribution in [0.3, 0.4) is 0 Å². The van der Waals surface area contributed by atoms with E-state index in [1.165, 1.54) is 0 Å². The van der Waals surface area contributed by atoms with Crippen LogP contribution in [0.1, 0.15) is 46.3 Å². The van der Waals surface area contributed by atoms with Crippen LogP contribution < -0.4 is 5.32 Å². The summed E-state index contributed by atoms with van der Waals surface area (Å²) in [4.78, 5) is 12.8. The van der Waals surface area contributed by atoms with E-state index in [0.717, 1.165) is 12.8 Å². The van der Waals surface area contributed by atoms with Gasteiger partial charge in [-0.1, -0.05) is 19.0 Å². The summed E-state index contributed by atoms with van der Waals surface area (Å²) in [6, 6.07) is 1.58. The van der Waals surface area contributed by atoms with Crippen LogP contribution in [0.2, 0.25) is 0 Å². The van der Waals surface area contributed by atoms with E-state index >= 15 is 0 Å². The molecule has 26 heavy (non-hydrogen) atoms. The highest BCUT2D eigenvalue weighted by Gasteiger charge is 2.39. The first kappa shape index (κ1) is 20.9. The first-order valence-corrected chi connectivity index (χ1v) is 10.7. The Bertz CT molecular complexity index is 731.